The summed E-state index contributed by atoms with van der Waals surface area (Å²) in [5, 5.41) is 9.64. The van der Waals surface area contributed by atoms with E-state index in [9.17, 15) is 4.39 Å². The number of halogens is 1. The molecule has 0 aliphatic rings. The smallest absolute Gasteiger partial charge is 0.221 e. The molecule has 0 N–H and O–H groups in total. The molecule has 4 aromatic heterocycles. The molecule has 0 spiro atoms. The maximum atomic E-state index is 14.9. The Morgan fingerprint density at radius 2 is 1.79 bits per heavy atom. The summed E-state index contributed by atoms with van der Waals surface area (Å²) in [6, 6.07) is 11.3. The summed E-state index contributed by atoms with van der Waals surface area (Å²) in [5.41, 5.74) is 2.57. The van der Waals surface area contributed by atoms with Crippen molar-refractivity contribution in [2.75, 3.05) is 27.8 Å². The number of aromatic nitrogens is 7. The zero-order chi connectivity index (χ0) is 30.6. The molecular formula is C30H36FN9O2Si. The number of rotatable bonds is 12. The van der Waals surface area contributed by atoms with Crippen molar-refractivity contribution in [1.29, 1.82) is 0 Å². The van der Waals surface area contributed by atoms with Gasteiger partial charge in [0.25, 0.3) is 0 Å². The predicted octanol–water partition coefficient (Wildman–Crippen LogP) is 5.48. The second-order valence-electron chi connectivity index (χ2n) is 11.5. The Morgan fingerprint density at radius 3 is 2.53 bits per heavy atom. The van der Waals surface area contributed by atoms with Crippen molar-refractivity contribution in [3.8, 4) is 28.4 Å². The normalized spacial score (nSPS) is 12.0. The molecule has 0 fully saturated rings. The lowest BCUT2D eigenvalue weighted by molar-refractivity contribution is 0.0858. The van der Waals surface area contributed by atoms with Crippen LogP contribution in [0.15, 0.2) is 60.1 Å². The van der Waals surface area contributed by atoms with Gasteiger partial charge in [-0.25, -0.2) is 24.3 Å². The van der Waals surface area contributed by atoms with Gasteiger partial charge in [0.2, 0.25) is 5.88 Å². The van der Waals surface area contributed by atoms with Crippen molar-refractivity contribution in [3.63, 3.8) is 0 Å². The lowest BCUT2D eigenvalue weighted by Gasteiger charge is -2.17. The van der Waals surface area contributed by atoms with E-state index in [1.165, 1.54) is 12.4 Å². The first-order valence-corrected chi connectivity index (χ1v) is 17.7. The Balaban J connectivity index is 1.62. The van der Waals surface area contributed by atoms with Gasteiger partial charge >= 0.3 is 0 Å². The first-order valence-electron chi connectivity index (χ1n) is 13.9. The molecule has 0 unspecified atom stereocenters. The van der Waals surface area contributed by atoms with Crippen LogP contribution >= 0.6 is 0 Å². The largest absolute Gasteiger partial charge is 0.481 e. The first kappa shape index (κ1) is 30.0. The fourth-order valence-corrected chi connectivity index (χ4v) is 5.33. The molecular weight excluding hydrogens is 565 g/mol. The fraction of sp³-hybridized carbons (Fsp3) is 0.333. The maximum Gasteiger partial charge on any atom is 0.221 e. The molecule has 0 atom stereocenters. The summed E-state index contributed by atoms with van der Waals surface area (Å²) in [4.78, 5) is 20.0. The van der Waals surface area contributed by atoms with E-state index in [0.29, 0.717) is 41.2 Å². The molecule has 224 valence electrons. The van der Waals surface area contributed by atoms with Gasteiger partial charge in [0.15, 0.2) is 17.5 Å². The van der Waals surface area contributed by atoms with Gasteiger partial charge in [-0.05, 0) is 30.3 Å². The van der Waals surface area contributed by atoms with Crippen LogP contribution in [0.5, 0.6) is 5.88 Å². The maximum absolute atomic E-state index is 14.9. The molecule has 11 nitrogen and oxygen atoms in total. The first-order chi connectivity index (χ1) is 20.7. The monoisotopic (exact) mass is 601 g/mol. The van der Waals surface area contributed by atoms with Crippen LogP contribution in [0, 0.1) is 5.82 Å². The highest BCUT2D eigenvalue weighted by Crippen LogP contribution is 2.38. The molecule has 43 heavy (non-hydrogen) atoms. The van der Waals surface area contributed by atoms with Gasteiger partial charge in [0, 0.05) is 52.3 Å². The van der Waals surface area contributed by atoms with Crippen molar-refractivity contribution >= 4 is 31.3 Å². The third-order valence-electron chi connectivity index (χ3n) is 6.77. The minimum absolute atomic E-state index is 0.187. The Kier molecular flexibility index (Phi) is 8.92. The molecule has 0 aliphatic carbocycles. The summed E-state index contributed by atoms with van der Waals surface area (Å²) >= 11 is 0. The van der Waals surface area contributed by atoms with Crippen LogP contribution in [0.1, 0.15) is 5.82 Å². The van der Waals surface area contributed by atoms with Gasteiger partial charge in [-0.2, -0.15) is 0 Å². The van der Waals surface area contributed by atoms with Gasteiger partial charge in [0.05, 0.1) is 30.9 Å². The average molecular weight is 602 g/mol. The Morgan fingerprint density at radius 1 is 1.00 bits per heavy atom. The van der Waals surface area contributed by atoms with E-state index in [-0.39, 0.29) is 19.1 Å². The number of benzene rings is 1. The van der Waals surface area contributed by atoms with E-state index in [1.54, 1.807) is 37.8 Å². The van der Waals surface area contributed by atoms with Crippen LogP contribution < -0.4 is 4.74 Å². The second-order valence-corrected chi connectivity index (χ2v) is 17.2. The van der Waals surface area contributed by atoms with Crippen LogP contribution in [-0.4, -0.2) is 81.4 Å². The van der Waals surface area contributed by atoms with E-state index in [0.717, 1.165) is 22.6 Å². The third kappa shape index (κ3) is 6.78. The number of fused-ring (bicyclic) bond motifs is 1. The summed E-state index contributed by atoms with van der Waals surface area (Å²) in [6.07, 6.45) is 6.82. The third-order valence-corrected chi connectivity index (χ3v) is 8.47. The Hall–Kier alpha value is -4.49. The van der Waals surface area contributed by atoms with E-state index < -0.39 is 8.07 Å². The zero-order valence-electron chi connectivity index (χ0n) is 25.3. The zero-order valence-corrected chi connectivity index (χ0v) is 26.3. The summed E-state index contributed by atoms with van der Waals surface area (Å²) in [5.74, 6) is 1.58. The number of ether oxygens (including phenoxy) is 2. The van der Waals surface area contributed by atoms with Crippen molar-refractivity contribution < 1.29 is 13.9 Å². The summed E-state index contributed by atoms with van der Waals surface area (Å²) in [7, 11) is 4.07. The number of aliphatic imine (C=N–C) groups is 1. The van der Waals surface area contributed by atoms with E-state index in [1.807, 2.05) is 46.5 Å². The standard InChI is InChI=1S/C30H36FN9O2Si/c1-38(2)19-35-27-26-23(21-11-9-13-32-30(21)41-3)16-39(29(26)34-18-33-27)17-25-36-37-28(22-10-7-8-12-24(22)31)40(25)20-42-14-15-43(4,5)6/h7-13,16,18-19H,14-15,17,20H2,1-6H3/b35-19+. The van der Waals surface area contributed by atoms with Gasteiger partial charge < -0.3 is 18.9 Å². The average Bonchev–Trinajstić information content (AvgIpc) is 3.55. The van der Waals surface area contributed by atoms with E-state index in [2.05, 4.69) is 49.8 Å². The van der Waals surface area contributed by atoms with Crippen LogP contribution in [0.2, 0.25) is 25.7 Å². The van der Waals surface area contributed by atoms with Crippen molar-refractivity contribution in [2.24, 2.45) is 4.99 Å². The highest BCUT2D eigenvalue weighted by molar-refractivity contribution is 6.76. The minimum Gasteiger partial charge on any atom is -0.481 e. The Bertz CT molecular complexity index is 1740. The molecule has 0 saturated carbocycles. The number of pyridine rings is 1. The molecule has 4 heterocycles. The van der Waals surface area contributed by atoms with Gasteiger partial charge in [0.1, 0.15) is 24.5 Å². The molecule has 0 aliphatic heterocycles. The molecule has 1 aromatic carbocycles. The summed E-state index contributed by atoms with van der Waals surface area (Å²) < 4.78 is 30.4. The van der Waals surface area contributed by atoms with Crippen molar-refractivity contribution in [2.45, 2.75) is 39.0 Å². The fourth-order valence-electron chi connectivity index (χ4n) is 4.58. The molecule has 0 amide bonds. The molecule has 0 bridgehead atoms. The number of nitrogens with zero attached hydrogens (tertiary/aromatic N) is 9. The quantitative estimate of drug-likeness (QED) is 0.0801. The SMILES string of the molecule is COc1ncccc1-c1cn(Cc2nnc(-c3ccccc3F)n2COCC[Si](C)(C)C)c2ncnc(/N=C/N(C)C)c12. The highest BCUT2D eigenvalue weighted by atomic mass is 28.3. The summed E-state index contributed by atoms with van der Waals surface area (Å²) in [6.45, 7) is 7.97. The number of hydrogen-bond acceptors (Lipinski definition) is 8. The van der Waals surface area contributed by atoms with Crippen molar-refractivity contribution in [3.05, 3.63) is 66.8 Å². The molecule has 5 rings (SSSR count). The molecule has 13 heteroatoms. The van der Waals surface area contributed by atoms with Crippen LogP contribution in [-0.2, 0) is 18.0 Å². The van der Waals surface area contributed by atoms with Crippen LogP contribution in [0.25, 0.3) is 33.5 Å². The minimum atomic E-state index is -1.30. The van der Waals surface area contributed by atoms with E-state index >= 15 is 0 Å². The van der Waals surface area contributed by atoms with Gasteiger partial charge in [-0.15, -0.1) is 10.2 Å². The molecule has 0 saturated heterocycles. The topological polar surface area (TPSA) is 108 Å². The molecule has 5 aromatic rings. The predicted molar refractivity (Wildman–Crippen MR) is 168 cm³/mol. The van der Waals surface area contributed by atoms with Gasteiger partial charge in [-0.3, -0.25) is 4.57 Å². The lowest BCUT2D eigenvalue weighted by atomic mass is 10.1. The number of methoxy groups -OCH3 is 1. The second kappa shape index (κ2) is 12.8. The molecule has 0 radical (unpaired) electrons. The van der Waals surface area contributed by atoms with Gasteiger partial charge in [-0.1, -0.05) is 31.8 Å². The van der Waals surface area contributed by atoms with Crippen LogP contribution in [0.3, 0.4) is 0 Å². The van der Waals surface area contributed by atoms with E-state index in [4.69, 9.17) is 9.47 Å². The Labute approximate surface area is 251 Å². The lowest BCUT2D eigenvalue weighted by Crippen LogP contribution is -2.22. The highest BCUT2D eigenvalue weighted by Gasteiger charge is 2.23. The van der Waals surface area contributed by atoms with Crippen molar-refractivity contribution in [1.82, 2.24) is 39.2 Å². The number of hydrogen-bond donors (Lipinski definition) is 0. The van der Waals surface area contributed by atoms with Crippen LogP contribution in [0.4, 0.5) is 10.2 Å².